The number of nitro groups is 1. The molecule has 0 bridgehead atoms. The van der Waals surface area contributed by atoms with Crippen molar-refractivity contribution in [2.75, 3.05) is 37.6 Å². The minimum atomic E-state index is -0.513. The molecule has 1 atom stereocenters. The summed E-state index contributed by atoms with van der Waals surface area (Å²) in [5.74, 6) is -0.171. The highest BCUT2D eigenvalue weighted by atomic mass is 16.6. The Morgan fingerprint density at radius 3 is 2.30 bits per heavy atom. The molecule has 2 aromatic rings. The molecule has 1 aliphatic rings. The summed E-state index contributed by atoms with van der Waals surface area (Å²) in [5.41, 5.74) is 2.04. The lowest BCUT2D eigenvalue weighted by Gasteiger charge is -2.33. The molecule has 1 heterocycles. The first-order chi connectivity index (χ1) is 14.4. The number of nitrogens with zero attached hydrogens (tertiary/aromatic N) is 2. The second kappa shape index (κ2) is 9.98. The van der Waals surface area contributed by atoms with E-state index in [4.69, 9.17) is 0 Å². The van der Waals surface area contributed by atoms with Gasteiger partial charge in [-0.25, -0.2) is 0 Å². The van der Waals surface area contributed by atoms with E-state index >= 15 is 0 Å². The number of ketones is 1. The lowest BCUT2D eigenvalue weighted by molar-refractivity contribution is -0.892. The molecule has 0 radical (unpaired) electrons. The van der Waals surface area contributed by atoms with Gasteiger partial charge in [-0.3, -0.25) is 19.7 Å². The van der Waals surface area contributed by atoms with Crippen molar-refractivity contribution < 1.29 is 19.4 Å². The Kier molecular flexibility index (Phi) is 7.13. The molecule has 1 amide bonds. The maximum atomic E-state index is 12.5. The highest BCUT2D eigenvalue weighted by Crippen LogP contribution is 2.19. The van der Waals surface area contributed by atoms with Gasteiger partial charge in [-0.2, -0.15) is 0 Å². The minimum absolute atomic E-state index is 0.0507. The van der Waals surface area contributed by atoms with Crippen LogP contribution in [0.4, 0.5) is 11.4 Å². The molecule has 2 N–H and O–H groups in total. The maximum absolute atomic E-state index is 12.5. The third-order valence-electron chi connectivity index (χ3n) is 5.42. The molecule has 8 nitrogen and oxygen atoms in total. The van der Waals surface area contributed by atoms with Crippen LogP contribution in [-0.4, -0.2) is 55.4 Å². The van der Waals surface area contributed by atoms with Gasteiger partial charge in [0.05, 0.1) is 37.1 Å². The van der Waals surface area contributed by atoms with Gasteiger partial charge in [-0.15, -0.1) is 0 Å². The third kappa shape index (κ3) is 5.87. The fraction of sp³-hybridized carbons (Fsp3) is 0.364. The van der Waals surface area contributed by atoms with E-state index in [9.17, 15) is 19.7 Å². The van der Waals surface area contributed by atoms with Gasteiger partial charge in [0.2, 0.25) is 0 Å². The predicted octanol–water partition coefficient (Wildman–Crippen LogP) is 0.616. The van der Waals surface area contributed by atoms with Crippen LogP contribution < -0.4 is 15.1 Å². The van der Waals surface area contributed by atoms with E-state index in [1.54, 1.807) is 12.1 Å². The lowest BCUT2D eigenvalue weighted by Crippen LogP contribution is -3.16. The Hall–Kier alpha value is -3.26. The molecule has 0 unspecified atom stereocenters. The van der Waals surface area contributed by atoms with Crippen molar-refractivity contribution >= 4 is 23.1 Å². The minimum Gasteiger partial charge on any atom is -0.360 e. The number of hydrogen-bond acceptors (Lipinski definition) is 5. The van der Waals surface area contributed by atoms with Crippen molar-refractivity contribution in [1.82, 2.24) is 5.32 Å². The number of carbonyl (C=O) groups excluding carboxylic acids is 2. The number of rotatable bonds is 8. The number of hydrogen-bond donors (Lipinski definition) is 2. The molecular weight excluding hydrogens is 384 g/mol. The molecule has 158 valence electrons. The van der Waals surface area contributed by atoms with Crippen molar-refractivity contribution in [2.24, 2.45) is 0 Å². The van der Waals surface area contributed by atoms with E-state index in [1.165, 1.54) is 19.1 Å². The SMILES string of the molecule is CC(=O)[C@H](Cc1ccccc1)NC(=O)C[NH+]1CCN(c2ccc([N+](=O)[O-])cc2)CC1. The zero-order valence-electron chi connectivity index (χ0n) is 17.0. The van der Waals surface area contributed by atoms with Crippen LogP contribution in [0, 0.1) is 10.1 Å². The molecule has 1 fully saturated rings. The number of piperazine rings is 1. The normalized spacial score (nSPS) is 15.4. The molecule has 30 heavy (non-hydrogen) atoms. The van der Waals surface area contributed by atoms with Gasteiger partial charge < -0.3 is 15.1 Å². The van der Waals surface area contributed by atoms with Crippen LogP contribution >= 0.6 is 0 Å². The van der Waals surface area contributed by atoms with Crippen molar-refractivity contribution in [1.29, 1.82) is 0 Å². The number of Topliss-reactive ketones (excluding diaryl/α,β-unsaturated/α-hetero) is 1. The summed E-state index contributed by atoms with van der Waals surface area (Å²) in [6.07, 6.45) is 0.491. The molecule has 3 rings (SSSR count). The van der Waals surface area contributed by atoms with Gasteiger partial charge in [0, 0.05) is 17.8 Å². The van der Waals surface area contributed by atoms with E-state index in [0.717, 1.165) is 42.3 Å². The summed E-state index contributed by atoms with van der Waals surface area (Å²) in [6.45, 7) is 4.93. The van der Waals surface area contributed by atoms with Crippen molar-refractivity contribution in [3.63, 3.8) is 0 Å². The summed E-state index contributed by atoms with van der Waals surface area (Å²) >= 11 is 0. The van der Waals surface area contributed by atoms with E-state index in [-0.39, 0.29) is 17.4 Å². The summed E-state index contributed by atoms with van der Waals surface area (Å²) in [6, 6.07) is 15.7. The van der Waals surface area contributed by atoms with Crippen molar-refractivity contribution in [3.8, 4) is 0 Å². The summed E-state index contributed by atoms with van der Waals surface area (Å²) in [5, 5.41) is 13.7. The molecule has 1 saturated heterocycles. The fourth-order valence-corrected chi connectivity index (χ4v) is 3.66. The monoisotopic (exact) mass is 411 g/mol. The van der Waals surface area contributed by atoms with Gasteiger partial charge in [0.25, 0.3) is 11.6 Å². The molecule has 0 aromatic heterocycles. The van der Waals surface area contributed by atoms with Crippen LogP contribution in [0.3, 0.4) is 0 Å². The number of non-ortho nitro benzene ring substituents is 1. The zero-order chi connectivity index (χ0) is 21.5. The van der Waals surface area contributed by atoms with Crippen molar-refractivity contribution in [3.05, 3.63) is 70.3 Å². The quantitative estimate of drug-likeness (QED) is 0.490. The molecule has 1 aliphatic heterocycles. The lowest BCUT2D eigenvalue weighted by atomic mass is 10.0. The van der Waals surface area contributed by atoms with Crippen molar-refractivity contribution in [2.45, 2.75) is 19.4 Å². The number of nitro benzene ring substituents is 1. The Balaban J connectivity index is 1.48. The number of benzene rings is 2. The van der Waals surface area contributed by atoms with Crippen LogP contribution in [0.15, 0.2) is 54.6 Å². The second-order valence-corrected chi connectivity index (χ2v) is 7.61. The van der Waals surface area contributed by atoms with E-state index < -0.39 is 11.0 Å². The number of quaternary nitrogens is 1. The molecule has 8 heteroatoms. The summed E-state index contributed by atoms with van der Waals surface area (Å²) in [4.78, 5) is 38.2. The van der Waals surface area contributed by atoms with Crippen LogP contribution in [0.25, 0.3) is 0 Å². The highest BCUT2D eigenvalue weighted by molar-refractivity contribution is 5.88. The summed E-state index contributed by atoms with van der Waals surface area (Å²) < 4.78 is 0. The molecular formula is C22H27N4O4+. The average Bonchev–Trinajstić information content (AvgIpc) is 2.74. The number of carbonyl (C=O) groups is 2. The standard InChI is InChI=1S/C22H26N4O4/c1-17(27)21(15-18-5-3-2-4-6-18)23-22(28)16-24-11-13-25(14-12-24)19-7-9-20(10-8-19)26(29)30/h2-10,21H,11-16H2,1H3,(H,23,28)/p+1/t21-/m0/s1. The Morgan fingerprint density at radius 1 is 1.10 bits per heavy atom. The van der Waals surface area contributed by atoms with Gasteiger partial charge in [0.1, 0.15) is 0 Å². The van der Waals surface area contributed by atoms with Crippen LogP contribution in [-0.2, 0) is 16.0 Å². The second-order valence-electron chi connectivity index (χ2n) is 7.61. The topological polar surface area (TPSA) is 97.0 Å². The largest absolute Gasteiger partial charge is 0.360 e. The zero-order valence-corrected chi connectivity index (χ0v) is 17.0. The first-order valence-electron chi connectivity index (χ1n) is 10.1. The smallest absolute Gasteiger partial charge is 0.275 e. The molecule has 0 aliphatic carbocycles. The third-order valence-corrected chi connectivity index (χ3v) is 5.42. The van der Waals surface area contributed by atoms with Crippen LogP contribution in [0.2, 0.25) is 0 Å². The average molecular weight is 411 g/mol. The first kappa shape index (κ1) is 21.4. The Bertz CT molecular complexity index is 878. The van der Waals surface area contributed by atoms with Gasteiger partial charge in [-0.05, 0) is 31.0 Å². The molecule has 2 aromatic carbocycles. The van der Waals surface area contributed by atoms with E-state index in [1.807, 2.05) is 30.3 Å². The number of amides is 1. The fourth-order valence-electron chi connectivity index (χ4n) is 3.66. The molecule has 0 saturated carbocycles. The molecule has 0 spiro atoms. The number of anilines is 1. The van der Waals surface area contributed by atoms with Gasteiger partial charge >= 0.3 is 0 Å². The Labute approximate surface area is 175 Å². The van der Waals surface area contributed by atoms with Gasteiger partial charge in [-0.1, -0.05) is 30.3 Å². The predicted molar refractivity (Wildman–Crippen MR) is 114 cm³/mol. The van der Waals surface area contributed by atoms with E-state index in [2.05, 4.69) is 10.2 Å². The summed E-state index contributed by atoms with van der Waals surface area (Å²) in [7, 11) is 0. The Morgan fingerprint density at radius 2 is 1.73 bits per heavy atom. The van der Waals surface area contributed by atoms with E-state index in [0.29, 0.717) is 13.0 Å². The highest BCUT2D eigenvalue weighted by Gasteiger charge is 2.25. The number of nitrogens with one attached hydrogen (secondary N) is 2. The van der Waals surface area contributed by atoms with Crippen LogP contribution in [0.1, 0.15) is 12.5 Å². The van der Waals surface area contributed by atoms with Gasteiger partial charge in [0.15, 0.2) is 12.3 Å². The first-order valence-corrected chi connectivity index (χ1v) is 10.1. The maximum Gasteiger partial charge on any atom is 0.275 e. The van der Waals surface area contributed by atoms with Crippen LogP contribution in [0.5, 0.6) is 0 Å².